The van der Waals surface area contributed by atoms with Gasteiger partial charge in [0.05, 0.1) is 24.8 Å². The Kier molecular flexibility index (Phi) is 5.72. The highest BCUT2D eigenvalue weighted by Gasteiger charge is 2.14. The Morgan fingerprint density at radius 2 is 1.88 bits per heavy atom. The Morgan fingerprint density at radius 3 is 2.58 bits per heavy atom. The number of rotatable bonds is 5. The SMILES string of the molecule is C[C@@H](Nc1ccc(N2CCOCC2)cc1)C(=O)Nc1cccc(C#N)c1. The van der Waals surface area contributed by atoms with E-state index in [2.05, 4.69) is 33.7 Å². The molecule has 0 bridgehead atoms. The third kappa shape index (κ3) is 4.52. The fraction of sp³-hybridized carbons (Fsp3) is 0.300. The lowest BCUT2D eigenvalue weighted by Gasteiger charge is -2.29. The molecule has 134 valence electrons. The molecule has 1 atom stereocenters. The number of carbonyl (C=O) groups excluding carboxylic acids is 1. The van der Waals surface area contributed by atoms with E-state index in [9.17, 15) is 4.79 Å². The summed E-state index contributed by atoms with van der Waals surface area (Å²) >= 11 is 0. The smallest absolute Gasteiger partial charge is 0.246 e. The summed E-state index contributed by atoms with van der Waals surface area (Å²) in [6, 6.07) is 16.6. The zero-order chi connectivity index (χ0) is 18.4. The largest absolute Gasteiger partial charge is 0.378 e. The molecule has 6 nitrogen and oxygen atoms in total. The van der Waals surface area contributed by atoms with Gasteiger partial charge in [0.25, 0.3) is 0 Å². The first kappa shape index (κ1) is 17.8. The molecule has 1 saturated heterocycles. The van der Waals surface area contributed by atoms with E-state index in [4.69, 9.17) is 10.00 Å². The number of hydrogen-bond donors (Lipinski definition) is 2. The standard InChI is InChI=1S/C20H22N4O2/c1-15(20(25)23-18-4-2-3-16(13-18)14-21)22-17-5-7-19(8-6-17)24-9-11-26-12-10-24/h2-8,13,15,22H,9-12H2,1H3,(H,23,25)/t15-/m1/s1. The van der Waals surface area contributed by atoms with Gasteiger partial charge in [-0.15, -0.1) is 0 Å². The highest BCUT2D eigenvalue weighted by Crippen LogP contribution is 2.20. The number of amides is 1. The van der Waals surface area contributed by atoms with Crippen molar-refractivity contribution < 1.29 is 9.53 Å². The van der Waals surface area contributed by atoms with Gasteiger partial charge in [-0.2, -0.15) is 5.26 Å². The van der Waals surface area contributed by atoms with Crippen LogP contribution in [0.4, 0.5) is 17.1 Å². The van der Waals surface area contributed by atoms with E-state index in [0.717, 1.165) is 37.7 Å². The predicted molar refractivity (Wildman–Crippen MR) is 102 cm³/mol. The van der Waals surface area contributed by atoms with Crippen LogP contribution in [-0.4, -0.2) is 38.3 Å². The Morgan fingerprint density at radius 1 is 1.15 bits per heavy atom. The highest BCUT2D eigenvalue weighted by atomic mass is 16.5. The van der Waals surface area contributed by atoms with Crippen molar-refractivity contribution in [2.45, 2.75) is 13.0 Å². The number of nitrogens with one attached hydrogen (secondary N) is 2. The molecule has 0 radical (unpaired) electrons. The lowest BCUT2D eigenvalue weighted by Crippen LogP contribution is -2.36. The quantitative estimate of drug-likeness (QED) is 0.867. The maximum atomic E-state index is 12.4. The van der Waals surface area contributed by atoms with Crippen LogP contribution in [0.1, 0.15) is 12.5 Å². The molecular formula is C20H22N4O2. The van der Waals surface area contributed by atoms with Crippen molar-refractivity contribution in [2.24, 2.45) is 0 Å². The molecular weight excluding hydrogens is 328 g/mol. The number of morpholine rings is 1. The fourth-order valence-electron chi connectivity index (χ4n) is 2.82. The van der Waals surface area contributed by atoms with Crippen LogP contribution in [0, 0.1) is 11.3 Å². The van der Waals surface area contributed by atoms with Gasteiger partial charge >= 0.3 is 0 Å². The van der Waals surface area contributed by atoms with E-state index in [-0.39, 0.29) is 5.91 Å². The minimum absolute atomic E-state index is 0.155. The average molecular weight is 350 g/mol. The number of anilines is 3. The highest BCUT2D eigenvalue weighted by molar-refractivity contribution is 5.96. The van der Waals surface area contributed by atoms with Crippen LogP contribution in [0.5, 0.6) is 0 Å². The number of nitriles is 1. The van der Waals surface area contributed by atoms with Gasteiger partial charge in [0.15, 0.2) is 0 Å². The first-order chi connectivity index (χ1) is 12.7. The maximum Gasteiger partial charge on any atom is 0.246 e. The van der Waals surface area contributed by atoms with Gasteiger partial charge in [-0.25, -0.2) is 0 Å². The molecule has 1 heterocycles. The summed E-state index contributed by atoms with van der Waals surface area (Å²) in [5.41, 5.74) is 3.17. The van der Waals surface area contributed by atoms with Gasteiger partial charge in [0.1, 0.15) is 6.04 Å². The number of nitrogens with zero attached hydrogens (tertiary/aromatic N) is 2. The minimum Gasteiger partial charge on any atom is -0.378 e. The van der Waals surface area contributed by atoms with E-state index in [1.54, 1.807) is 31.2 Å². The van der Waals surface area contributed by atoms with Crippen molar-refractivity contribution >= 4 is 23.0 Å². The summed E-state index contributed by atoms with van der Waals surface area (Å²) in [6.07, 6.45) is 0. The summed E-state index contributed by atoms with van der Waals surface area (Å²) in [5.74, 6) is -0.155. The average Bonchev–Trinajstić information content (AvgIpc) is 2.69. The molecule has 1 amide bonds. The lowest BCUT2D eigenvalue weighted by atomic mass is 10.2. The Labute approximate surface area is 153 Å². The van der Waals surface area contributed by atoms with Crippen molar-refractivity contribution in [1.82, 2.24) is 0 Å². The Bertz CT molecular complexity index is 792. The zero-order valence-electron chi connectivity index (χ0n) is 14.7. The fourth-order valence-corrected chi connectivity index (χ4v) is 2.82. The predicted octanol–water partition coefficient (Wildman–Crippen LogP) is 2.83. The number of carbonyl (C=O) groups is 1. The molecule has 3 rings (SSSR count). The van der Waals surface area contributed by atoms with E-state index in [1.165, 1.54) is 0 Å². The van der Waals surface area contributed by atoms with Crippen LogP contribution < -0.4 is 15.5 Å². The minimum atomic E-state index is -0.407. The molecule has 0 aromatic heterocycles. The zero-order valence-corrected chi connectivity index (χ0v) is 14.7. The number of ether oxygens (including phenoxy) is 1. The van der Waals surface area contributed by atoms with Crippen LogP contribution in [0.3, 0.4) is 0 Å². The second-order valence-corrected chi connectivity index (χ2v) is 6.19. The van der Waals surface area contributed by atoms with E-state index in [1.807, 2.05) is 12.1 Å². The molecule has 26 heavy (non-hydrogen) atoms. The second kappa shape index (κ2) is 8.37. The molecule has 0 aliphatic carbocycles. The topological polar surface area (TPSA) is 77.4 Å². The van der Waals surface area contributed by atoms with Gasteiger partial charge < -0.3 is 20.3 Å². The Hall–Kier alpha value is -3.04. The summed E-state index contributed by atoms with van der Waals surface area (Å²) in [7, 11) is 0. The molecule has 1 aliphatic rings. The normalized spacial score (nSPS) is 15.0. The maximum absolute atomic E-state index is 12.4. The molecule has 0 spiro atoms. The summed E-state index contributed by atoms with van der Waals surface area (Å²) in [5, 5.41) is 15.0. The van der Waals surface area contributed by atoms with Crippen molar-refractivity contribution in [3.63, 3.8) is 0 Å². The van der Waals surface area contributed by atoms with Crippen molar-refractivity contribution in [1.29, 1.82) is 5.26 Å². The molecule has 0 saturated carbocycles. The van der Waals surface area contributed by atoms with Gasteiger partial charge in [-0.3, -0.25) is 4.79 Å². The molecule has 2 aromatic rings. The number of hydrogen-bond acceptors (Lipinski definition) is 5. The molecule has 1 fully saturated rings. The first-order valence-electron chi connectivity index (χ1n) is 8.66. The molecule has 1 aliphatic heterocycles. The van der Waals surface area contributed by atoms with Crippen LogP contribution in [0.2, 0.25) is 0 Å². The van der Waals surface area contributed by atoms with Crippen LogP contribution in [0.15, 0.2) is 48.5 Å². The van der Waals surface area contributed by atoms with E-state index >= 15 is 0 Å². The monoisotopic (exact) mass is 350 g/mol. The molecule has 0 unspecified atom stereocenters. The van der Waals surface area contributed by atoms with Crippen molar-refractivity contribution in [3.05, 3.63) is 54.1 Å². The van der Waals surface area contributed by atoms with Crippen LogP contribution >= 0.6 is 0 Å². The third-order valence-corrected chi connectivity index (χ3v) is 4.28. The van der Waals surface area contributed by atoms with Gasteiger partial charge in [0.2, 0.25) is 5.91 Å². The lowest BCUT2D eigenvalue weighted by molar-refractivity contribution is -0.116. The Balaban J connectivity index is 1.57. The summed E-state index contributed by atoms with van der Waals surface area (Å²) in [4.78, 5) is 14.6. The van der Waals surface area contributed by atoms with Gasteiger partial charge in [0, 0.05) is 30.2 Å². The number of benzene rings is 2. The summed E-state index contributed by atoms with van der Waals surface area (Å²) in [6.45, 7) is 5.11. The molecule has 6 heteroatoms. The second-order valence-electron chi connectivity index (χ2n) is 6.19. The van der Waals surface area contributed by atoms with E-state index < -0.39 is 6.04 Å². The first-order valence-corrected chi connectivity index (χ1v) is 8.66. The third-order valence-electron chi connectivity index (χ3n) is 4.28. The van der Waals surface area contributed by atoms with E-state index in [0.29, 0.717) is 11.3 Å². The van der Waals surface area contributed by atoms with Crippen LogP contribution in [0.25, 0.3) is 0 Å². The molecule has 2 N–H and O–H groups in total. The van der Waals surface area contributed by atoms with Crippen LogP contribution in [-0.2, 0) is 9.53 Å². The summed E-state index contributed by atoms with van der Waals surface area (Å²) < 4.78 is 5.37. The van der Waals surface area contributed by atoms with Crippen molar-refractivity contribution in [3.8, 4) is 6.07 Å². The van der Waals surface area contributed by atoms with Gasteiger partial charge in [-0.1, -0.05) is 6.07 Å². The van der Waals surface area contributed by atoms with Crippen molar-refractivity contribution in [2.75, 3.05) is 41.8 Å². The van der Waals surface area contributed by atoms with Gasteiger partial charge in [-0.05, 0) is 49.4 Å². The molecule has 2 aromatic carbocycles.